The number of fused-ring (bicyclic) bond motifs is 3. The van der Waals surface area contributed by atoms with Crippen LogP contribution in [-0.2, 0) is 11.2 Å². The molecule has 2 aromatic carbocycles. The molecule has 44 heavy (non-hydrogen) atoms. The highest BCUT2D eigenvalue weighted by atomic mass is 19.1. The van der Waals surface area contributed by atoms with Gasteiger partial charge >= 0.3 is 6.01 Å². The number of nitrogens with zero attached hydrogens (tertiary/aromatic N) is 5. The number of rotatable bonds is 7. The van der Waals surface area contributed by atoms with Crippen molar-refractivity contribution in [3.05, 3.63) is 47.7 Å². The van der Waals surface area contributed by atoms with Crippen molar-refractivity contribution in [3.8, 4) is 23.0 Å². The Morgan fingerprint density at radius 1 is 1.20 bits per heavy atom. The van der Waals surface area contributed by atoms with Gasteiger partial charge in [-0.25, -0.2) is 13.2 Å². The third kappa shape index (κ3) is 4.58. The van der Waals surface area contributed by atoms with E-state index in [0.717, 1.165) is 19.4 Å². The molecule has 0 aliphatic carbocycles. The molecule has 0 unspecified atom stereocenters. The molecule has 0 spiro atoms. The number of ether oxygens (including phenoxy) is 1. The highest BCUT2D eigenvalue weighted by Crippen LogP contribution is 2.42. The molecule has 3 N–H and O–H groups in total. The molecular formula is C32H33F3N6O3. The Morgan fingerprint density at radius 3 is 2.84 bits per heavy atom. The lowest BCUT2D eigenvalue weighted by atomic mass is 9.94. The predicted octanol–water partition coefficient (Wildman–Crippen LogP) is 4.80. The second kappa shape index (κ2) is 10.8. The highest BCUT2D eigenvalue weighted by Gasteiger charge is 2.49. The number of carbonyl (C=O) groups excluding carboxylic acids is 1. The second-order valence-electron chi connectivity index (χ2n) is 12.1. The first-order valence-corrected chi connectivity index (χ1v) is 15.1. The van der Waals surface area contributed by atoms with Gasteiger partial charge in [-0.15, -0.1) is 0 Å². The molecule has 9 nitrogen and oxygen atoms in total. The van der Waals surface area contributed by atoms with Crippen molar-refractivity contribution in [2.75, 3.05) is 31.1 Å². The van der Waals surface area contributed by atoms with E-state index in [1.54, 1.807) is 11.8 Å². The number of pyridine rings is 1. The van der Waals surface area contributed by atoms with E-state index in [4.69, 9.17) is 10.5 Å². The predicted molar refractivity (Wildman–Crippen MR) is 159 cm³/mol. The average Bonchev–Trinajstić information content (AvgIpc) is 3.71. The van der Waals surface area contributed by atoms with E-state index < -0.39 is 35.3 Å². The molecule has 3 aliphatic heterocycles. The molecule has 3 atom stereocenters. The lowest BCUT2D eigenvalue weighted by molar-refractivity contribution is -0.119. The van der Waals surface area contributed by atoms with E-state index in [-0.39, 0.29) is 46.3 Å². The Balaban J connectivity index is 1.39. The summed E-state index contributed by atoms with van der Waals surface area (Å²) in [5.41, 5.74) is 5.59. The Morgan fingerprint density at radius 2 is 2.05 bits per heavy atom. The monoisotopic (exact) mass is 606 g/mol. The van der Waals surface area contributed by atoms with Crippen LogP contribution in [0.15, 0.2) is 30.5 Å². The fraction of sp³-hybridized carbons (Fsp3) is 0.438. The van der Waals surface area contributed by atoms with Crippen molar-refractivity contribution in [2.45, 2.75) is 63.2 Å². The summed E-state index contributed by atoms with van der Waals surface area (Å²) in [6.07, 6.45) is 4.04. The van der Waals surface area contributed by atoms with E-state index in [1.165, 1.54) is 30.5 Å². The molecule has 0 saturated carbocycles. The summed E-state index contributed by atoms with van der Waals surface area (Å²) in [5, 5.41) is 11.8. The number of hydrogen-bond donors (Lipinski definition) is 2. The Hall–Kier alpha value is -4.19. The number of halogens is 3. The van der Waals surface area contributed by atoms with Crippen molar-refractivity contribution < 1.29 is 27.8 Å². The van der Waals surface area contributed by atoms with Crippen molar-refractivity contribution in [2.24, 2.45) is 5.73 Å². The van der Waals surface area contributed by atoms with Gasteiger partial charge in [0.25, 0.3) is 0 Å². The van der Waals surface area contributed by atoms with Crippen LogP contribution in [0, 0.1) is 11.6 Å². The molecule has 12 heteroatoms. The molecule has 2 aromatic heterocycles. The zero-order valence-electron chi connectivity index (χ0n) is 24.3. The topological polar surface area (TPSA) is 118 Å². The summed E-state index contributed by atoms with van der Waals surface area (Å²) in [6, 6.07) is 4.96. The van der Waals surface area contributed by atoms with E-state index in [9.17, 15) is 18.7 Å². The van der Waals surface area contributed by atoms with Gasteiger partial charge in [-0.05, 0) is 73.2 Å². The fourth-order valence-electron chi connectivity index (χ4n) is 7.49. The number of aromatic nitrogens is 3. The smallest absolute Gasteiger partial charge is 0.319 e. The van der Waals surface area contributed by atoms with Gasteiger partial charge in [-0.2, -0.15) is 9.97 Å². The van der Waals surface area contributed by atoms with E-state index in [1.807, 2.05) is 0 Å². The first-order valence-electron chi connectivity index (χ1n) is 15.1. The molecule has 1 amide bonds. The largest absolute Gasteiger partial charge is 0.508 e. The Labute approximate surface area is 251 Å². The normalized spacial score (nSPS) is 23.6. The third-order valence-electron chi connectivity index (χ3n) is 9.49. The van der Waals surface area contributed by atoms with Crippen LogP contribution >= 0.6 is 0 Å². The minimum atomic E-state index is -0.950. The van der Waals surface area contributed by atoms with Crippen LogP contribution < -0.4 is 15.4 Å². The molecule has 230 valence electrons. The van der Waals surface area contributed by atoms with Crippen LogP contribution in [0.2, 0.25) is 0 Å². The van der Waals surface area contributed by atoms with Gasteiger partial charge in [-0.3, -0.25) is 14.7 Å². The molecule has 5 heterocycles. The summed E-state index contributed by atoms with van der Waals surface area (Å²) in [4.78, 5) is 29.7. The van der Waals surface area contributed by atoms with Crippen LogP contribution in [0.3, 0.4) is 0 Å². The summed E-state index contributed by atoms with van der Waals surface area (Å²) in [5.74, 6) is -1.64. The van der Waals surface area contributed by atoms with Gasteiger partial charge in [0.2, 0.25) is 5.91 Å². The summed E-state index contributed by atoms with van der Waals surface area (Å²) in [7, 11) is 0. The standard InChI is InChI=1S/C32H33F3N6O3/c1-2-20-23(34)7-6-17-11-19(42)12-21(25(17)20)27-26(35)28-22(14-37-27)30(41-10-3-5-24(41)29(36)43)39-31(38-28)44-16-32-8-4-9-40(32)15-18(33)13-32/h6-7,11-12,14,18,24,42H,2-5,8-10,13,15-16H2,1H3,(H2,36,43)/t18-,24+,32+/m1/s1. The fourth-order valence-corrected chi connectivity index (χ4v) is 7.49. The van der Waals surface area contributed by atoms with Gasteiger partial charge in [0.05, 0.1) is 10.9 Å². The first kappa shape index (κ1) is 28.6. The van der Waals surface area contributed by atoms with Crippen LogP contribution in [0.25, 0.3) is 32.9 Å². The first-order chi connectivity index (χ1) is 21.2. The van der Waals surface area contributed by atoms with Gasteiger partial charge in [-0.1, -0.05) is 13.0 Å². The van der Waals surface area contributed by atoms with Gasteiger partial charge in [0.1, 0.15) is 47.4 Å². The zero-order chi connectivity index (χ0) is 30.7. The number of aromatic hydroxyl groups is 1. The number of nitrogens with two attached hydrogens (primary N) is 1. The average molecular weight is 607 g/mol. The van der Waals surface area contributed by atoms with Crippen molar-refractivity contribution in [1.82, 2.24) is 19.9 Å². The van der Waals surface area contributed by atoms with Gasteiger partial charge in [0, 0.05) is 31.3 Å². The lowest BCUT2D eigenvalue weighted by Gasteiger charge is -2.31. The van der Waals surface area contributed by atoms with Crippen LogP contribution in [0.1, 0.15) is 44.6 Å². The summed E-state index contributed by atoms with van der Waals surface area (Å²) < 4.78 is 52.2. The lowest BCUT2D eigenvalue weighted by Crippen LogP contribution is -2.43. The number of amides is 1. The number of anilines is 1. The van der Waals surface area contributed by atoms with E-state index >= 15 is 4.39 Å². The molecule has 3 fully saturated rings. The minimum absolute atomic E-state index is 0.105. The summed E-state index contributed by atoms with van der Waals surface area (Å²) >= 11 is 0. The molecule has 0 radical (unpaired) electrons. The molecule has 7 rings (SSSR count). The number of primary amides is 1. The van der Waals surface area contributed by atoms with Crippen molar-refractivity contribution >= 4 is 33.4 Å². The number of phenolic OH excluding ortho intramolecular Hbond substituents is 1. The van der Waals surface area contributed by atoms with Crippen LogP contribution in [0.4, 0.5) is 19.0 Å². The Kier molecular flexibility index (Phi) is 6.99. The number of alkyl halides is 1. The zero-order valence-corrected chi connectivity index (χ0v) is 24.3. The molecule has 3 aliphatic rings. The quantitative estimate of drug-likeness (QED) is 0.308. The van der Waals surface area contributed by atoms with E-state index in [0.29, 0.717) is 55.1 Å². The number of phenols is 1. The molecule has 3 saturated heterocycles. The second-order valence-corrected chi connectivity index (χ2v) is 12.1. The summed E-state index contributed by atoms with van der Waals surface area (Å²) in [6.45, 7) is 3.52. The Bertz CT molecular complexity index is 1810. The number of carbonyl (C=O) groups is 1. The number of benzene rings is 2. The molecule has 0 bridgehead atoms. The third-order valence-corrected chi connectivity index (χ3v) is 9.49. The maximum absolute atomic E-state index is 16.7. The van der Waals surface area contributed by atoms with Gasteiger partial charge in [0.15, 0.2) is 5.82 Å². The van der Waals surface area contributed by atoms with Crippen molar-refractivity contribution in [1.29, 1.82) is 0 Å². The maximum Gasteiger partial charge on any atom is 0.319 e. The minimum Gasteiger partial charge on any atom is -0.508 e. The number of hydrogen-bond acceptors (Lipinski definition) is 8. The molecule has 4 aromatic rings. The molecular weight excluding hydrogens is 573 g/mol. The van der Waals surface area contributed by atoms with Crippen molar-refractivity contribution in [3.63, 3.8) is 0 Å². The number of aryl methyl sites for hydroxylation is 1. The van der Waals surface area contributed by atoms with Crippen LogP contribution in [-0.4, -0.2) is 74.9 Å². The highest BCUT2D eigenvalue weighted by molar-refractivity contribution is 6.02. The SMILES string of the molecule is CCc1c(F)ccc2cc(O)cc(-c3ncc4c(N5CCC[C@H]5C(N)=O)nc(OC[C@@]56CCCN5C[C@H](F)C6)nc4c3F)c12. The van der Waals surface area contributed by atoms with Gasteiger partial charge < -0.3 is 20.5 Å². The maximum atomic E-state index is 16.7. The van der Waals surface area contributed by atoms with Crippen LogP contribution in [0.5, 0.6) is 11.8 Å². The van der Waals surface area contributed by atoms with E-state index in [2.05, 4.69) is 19.9 Å².